The second kappa shape index (κ2) is 8.44. The van der Waals surface area contributed by atoms with E-state index >= 15 is 0 Å². The number of fused-ring (bicyclic) bond motifs is 1. The minimum atomic E-state index is -1.89. The summed E-state index contributed by atoms with van der Waals surface area (Å²) in [6.07, 6.45) is 0.169. The molecule has 0 fully saturated rings. The maximum Gasteiger partial charge on any atom is 0.236 e. The Hall–Kier alpha value is -3.72. The number of amides is 1. The number of hydrogen-bond acceptors (Lipinski definition) is 8. The van der Waals surface area contributed by atoms with Crippen molar-refractivity contribution in [1.82, 2.24) is 5.32 Å². The first-order valence-corrected chi connectivity index (χ1v) is 11.7. The first-order valence-electron chi connectivity index (χ1n) is 11.3. The monoisotopic (exact) mass is 513 g/mol. The summed E-state index contributed by atoms with van der Waals surface area (Å²) in [4.78, 5) is 40.8. The Kier molecular flexibility index (Phi) is 5.63. The van der Waals surface area contributed by atoms with Gasteiger partial charge in [-0.05, 0) is 24.1 Å². The average molecular weight is 514 g/mol. The number of benzene rings is 2. The highest BCUT2D eigenvalue weighted by molar-refractivity contribution is 6.36. The zero-order valence-corrected chi connectivity index (χ0v) is 20.8. The summed E-state index contributed by atoms with van der Waals surface area (Å²) in [6.45, 7) is 1.72. The maximum atomic E-state index is 14.3. The number of rotatable bonds is 4. The van der Waals surface area contributed by atoms with E-state index in [1.807, 2.05) is 0 Å². The highest BCUT2D eigenvalue weighted by atomic mass is 35.5. The molecule has 0 aromatic heterocycles. The number of hydrogen-bond donors (Lipinski definition) is 2. The molecule has 1 aliphatic carbocycles. The van der Waals surface area contributed by atoms with Gasteiger partial charge in [0.05, 0.1) is 21.3 Å². The predicted molar refractivity (Wildman–Crippen MR) is 128 cm³/mol. The molecule has 0 saturated carbocycles. The minimum absolute atomic E-state index is 0.0283. The molecule has 2 aliphatic heterocycles. The first-order chi connectivity index (χ1) is 17.2. The van der Waals surface area contributed by atoms with E-state index in [1.54, 1.807) is 19.1 Å². The van der Waals surface area contributed by atoms with Gasteiger partial charge >= 0.3 is 0 Å². The number of nitrogens with one attached hydrogen (secondary N) is 1. The summed E-state index contributed by atoms with van der Waals surface area (Å²) in [5.74, 6) is -2.13. The number of ketones is 2. The molecule has 0 unspecified atom stereocenters. The third-order valence-electron chi connectivity index (χ3n) is 7.16. The fourth-order valence-corrected chi connectivity index (χ4v) is 5.66. The normalized spacial score (nSPS) is 24.8. The Labute approximate surface area is 211 Å². The van der Waals surface area contributed by atoms with E-state index in [0.717, 1.165) is 0 Å². The molecule has 5 rings (SSSR count). The number of aromatic hydroxyl groups is 1. The van der Waals surface area contributed by atoms with Gasteiger partial charge in [0, 0.05) is 35.6 Å². The fraction of sp³-hybridized carbons (Fsp3) is 0.346. The molecule has 2 aromatic carbocycles. The molecule has 0 saturated heterocycles. The minimum Gasteiger partial charge on any atom is -0.504 e. The van der Waals surface area contributed by atoms with Gasteiger partial charge in [-0.1, -0.05) is 24.6 Å². The molecule has 188 valence electrons. The van der Waals surface area contributed by atoms with Gasteiger partial charge in [0.1, 0.15) is 22.1 Å². The Morgan fingerprint density at radius 3 is 2.33 bits per heavy atom. The van der Waals surface area contributed by atoms with Crippen LogP contribution in [0.3, 0.4) is 0 Å². The number of carbonyl (C=O) groups excluding carboxylic acids is 3. The van der Waals surface area contributed by atoms with E-state index in [1.165, 1.54) is 33.5 Å². The van der Waals surface area contributed by atoms with Crippen molar-refractivity contribution in [3.8, 4) is 28.7 Å². The molecule has 1 amide bonds. The first kappa shape index (κ1) is 24.0. The van der Waals surface area contributed by atoms with Crippen LogP contribution >= 0.6 is 11.6 Å². The number of carbonyl (C=O) groups is 3. The smallest absolute Gasteiger partial charge is 0.236 e. The van der Waals surface area contributed by atoms with E-state index in [4.69, 9.17) is 30.5 Å². The Morgan fingerprint density at radius 1 is 1.00 bits per heavy atom. The highest BCUT2D eigenvalue weighted by Gasteiger charge is 2.63. The van der Waals surface area contributed by atoms with Crippen LogP contribution in [-0.4, -0.2) is 49.5 Å². The molecule has 3 atom stereocenters. The third-order valence-corrected chi connectivity index (χ3v) is 7.52. The van der Waals surface area contributed by atoms with Crippen LogP contribution in [0.4, 0.5) is 0 Å². The standard InChI is InChI=1S/C26H24ClNO8/c1-11-7-14-20(13(9-19(30)28-14)12-5-6-16(33-2)15(29)8-12)24(31)26(11)25(32)21-17(34-3)10-18(35-4)22(27)23(21)36-26/h5-6,8,10-11,13,29H,7,9H2,1-4H3,(H,28,30)/t11-,13-,26+/m1/s1. The maximum absolute atomic E-state index is 14.3. The van der Waals surface area contributed by atoms with Crippen molar-refractivity contribution in [2.24, 2.45) is 5.92 Å². The number of phenols is 1. The molecular formula is C26H24ClNO8. The number of phenolic OH excluding ortho intramolecular Hbond substituents is 1. The van der Waals surface area contributed by atoms with Crippen LogP contribution in [0, 0.1) is 5.92 Å². The van der Waals surface area contributed by atoms with Gasteiger partial charge < -0.3 is 29.4 Å². The van der Waals surface area contributed by atoms with Gasteiger partial charge in [-0.25, -0.2) is 0 Å². The molecule has 2 N–H and O–H groups in total. The van der Waals surface area contributed by atoms with E-state index in [2.05, 4.69) is 5.32 Å². The molecular weight excluding hydrogens is 490 g/mol. The van der Waals surface area contributed by atoms with Crippen molar-refractivity contribution >= 4 is 29.1 Å². The highest BCUT2D eigenvalue weighted by Crippen LogP contribution is 2.55. The summed E-state index contributed by atoms with van der Waals surface area (Å²) in [6, 6.07) is 6.18. The van der Waals surface area contributed by atoms with Crippen molar-refractivity contribution in [2.45, 2.75) is 31.3 Å². The Morgan fingerprint density at radius 2 is 1.69 bits per heavy atom. The molecule has 2 aromatic rings. The lowest BCUT2D eigenvalue weighted by molar-refractivity contribution is -0.131. The third kappa shape index (κ3) is 3.19. The number of Topliss-reactive ketones (excluding diaryl/α,β-unsaturated/α-hetero) is 2. The molecule has 0 bridgehead atoms. The molecule has 2 heterocycles. The lowest BCUT2D eigenvalue weighted by Gasteiger charge is -2.41. The van der Waals surface area contributed by atoms with Gasteiger partial charge in [-0.2, -0.15) is 0 Å². The van der Waals surface area contributed by atoms with Gasteiger partial charge in [-0.3, -0.25) is 14.4 Å². The van der Waals surface area contributed by atoms with Crippen LogP contribution < -0.4 is 24.3 Å². The summed E-state index contributed by atoms with van der Waals surface area (Å²) < 4.78 is 22.0. The number of methoxy groups -OCH3 is 3. The fourth-order valence-electron chi connectivity index (χ4n) is 5.40. The van der Waals surface area contributed by atoms with Crippen LogP contribution in [0.15, 0.2) is 35.5 Å². The van der Waals surface area contributed by atoms with Crippen molar-refractivity contribution in [1.29, 1.82) is 0 Å². The molecule has 9 nitrogen and oxygen atoms in total. The van der Waals surface area contributed by atoms with Crippen molar-refractivity contribution < 1.29 is 38.4 Å². The second-order valence-corrected chi connectivity index (χ2v) is 9.41. The summed E-state index contributed by atoms with van der Waals surface area (Å²) in [5, 5.41) is 13.2. The van der Waals surface area contributed by atoms with Gasteiger partial charge in [0.25, 0.3) is 0 Å². The topological polar surface area (TPSA) is 120 Å². The number of ether oxygens (including phenoxy) is 4. The number of halogens is 1. The van der Waals surface area contributed by atoms with Gasteiger partial charge in [0.2, 0.25) is 23.1 Å². The Balaban J connectivity index is 1.66. The van der Waals surface area contributed by atoms with Crippen LogP contribution in [0.5, 0.6) is 28.7 Å². The summed E-state index contributed by atoms with van der Waals surface area (Å²) >= 11 is 6.50. The molecule has 0 radical (unpaired) electrons. The van der Waals surface area contributed by atoms with Crippen molar-refractivity contribution in [3.63, 3.8) is 0 Å². The van der Waals surface area contributed by atoms with Gasteiger partial charge in [0.15, 0.2) is 17.2 Å². The average Bonchev–Trinajstić information content (AvgIpc) is 3.17. The van der Waals surface area contributed by atoms with E-state index in [0.29, 0.717) is 11.3 Å². The lowest BCUT2D eigenvalue weighted by Crippen LogP contribution is -2.59. The molecule has 3 aliphatic rings. The van der Waals surface area contributed by atoms with Crippen LogP contribution in [0.25, 0.3) is 0 Å². The quantitative estimate of drug-likeness (QED) is 0.595. The molecule has 1 spiro atoms. The number of allylic oxidation sites excluding steroid dienone is 1. The predicted octanol–water partition coefficient (Wildman–Crippen LogP) is 3.55. The SMILES string of the molecule is COc1ccc([C@H]2CC(=O)NC3=C2C(=O)[C@@]2(Oc4c(Cl)c(OC)cc(OC)c4C2=O)[C@H](C)C3)cc1O. The summed E-state index contributed by atoms with van der Waals surface area (Å²) in [5.41, 5.74) is -0.572. The zero-order valence-electron chi connectivity index (χ0n) is 20.1. The lowest BCUT2D eigenvalue weighted by atomic mass is 9.66. The zero-order chi connectivity index (χ0) is 25.9. The second-order valence-electron chi connectivity index (χ2n) is 9.03. The Bertz CT molecular complexity index is 1370. The largest absolute Gasteiger partial charge is 0.504 e. The molecule has 36 heavy (non-hydrogen) atoms. The van der Waals surface area contributed by atoms with E-state index in [-0.39, 0.29) is 63.7 Å². The van der Waals surface area contributed by atoms with E-state index < -0.39 is 29.0 Å². The van der Waals surface area contributed by atoms with Crippen molar-refractivity contribution in [3.05, 3.63) is 51.7 Å². The van der Waals surface area contributed by atoms with E-state index in [9.17, 15) is 19.5 Å². The van der Waals surface area contributed by atoms with Crippen LogP contribution in [-0.2, 0) is 9.59 Å². The summed E-state index contributed by atoms with van der Waals surface area (Å²) in [7, 11) is 4.25. The van der Waals surface area contributed by atoms with Crippen LogP contribution in [0.1, 0.15) is 41.6 Å². The van der Waals surface area contributed by atoms with Gasteiger partial charge in [-0.15, -0.1) is 0 Å². The van der Waals surface area contributed by atoms with Crippen LogP contribution in [0.2, 0.25) is 5.02 Å². The van der Waals surface area contributed by atoms with Crippen molar-refractivity contribution in [2.75, 3.05) is 21.3 Å². The molecule has 10 heteroatoms.